The third kappa shape index (κ3) is 3.48. The number of rotatable bonds is 3. The van der Waals surface area contributed by atoms with Gasteiger partial charge in [0.15, 0.2) is 5.58 Å². The summed E-state index contributed by atoms with van der Waals surface area (Å²) >= 11 is 0. The summed E-state index contributed by atoms with van der Waals surface area (Å²) in [5.74, 6) is 0.614. The summed E-state index contributed by atoms with van der Waals surface area (Å²) in [7, 11) is 0. The van der Waals surface area contributed by atoms with Gasteiger partial charge in [0.1, 0.15) is 5.52 Å². The first-order valence-electron chi connectivity index (χ1n) is 11.1. The highest BCUT2D eigenvalue weighted by Crippen LogP contribution is 2.31. The minimum atomic E-state index is 0.614. The van der Waals surface area contributed by atoms with Gasteiger partial charge in [0.05, 0.1) is 5.69 Å². The molecule has 0 radical (unpaired) electrons. The quantitative estimate of drug-likeness (QED) is 0.211. The standard InChI is InChI=1S/C30H22N2O/c1-19-11-14-27-29(15-19)33-30(32-27)23-13-12-20(2)28(17-23)31-18-26-24-9-5-3-7-21(24)16-22-8-4-6-10-25(22)26/h3-18H,1-2H3. The molecule has 0 fully saturated rings. The molecular weight excluding hydrogens is 404 g/mol. The van der Waals surface area contributed by atoms with E-state index in [0.717, 1.165) is 39.0 Å². The van der Waals surface area contributed by atoms with Crippen LogP contribution in [0.2, 0.25) is 0 Å². The number of aryl methyl sites for hydroxylation is 2. The lowest BCUT2D eigenvalue weighted by atomic mass is 9.97. The molecule has 0 bridgehead atoms. The number of nitrogens with zero attached hydrogens (tertiary/aromatic N) is 2. The Morgan fingerprint density at radius 1 is 0.758 bits per heavy atom. The van der Waals surface area contributed by atoms with E-state index in [9.17, 15) is 0 Å². The molecule has 6 rings (SSSR count). The molecule has 0 aliphatic rings. The number of aromatic nitrogens is 1. The summed E-state index contributed by atoms with van der Waals surface area (Å²) < 4.78 is 6.04. The number of oxazole rings is 1. The molecule has 0 amide bonds. The van der Waals surface area contributed by atoms with E-state index >= 15 is 0 Å². The molecule has 0 aliphatic carbocycles. The molecule has 33 heavy (non-hydrogen) atoms. The molecule has 3 heteroatoms. The van der Waals surface area contributed by atoms with Crippen LogP contribution in [0.5, 0.6) is 0 Å². The van der Waals surface area contributed by atoms with Gasteiger partial charge in [-0.15, -0.1) is 0 Å². The minimum Gasteiger partial charge on any atom is -0.436 e. The predicted octanol–water partition coefficient (Wildman–Crippen LogP) is 8.17. The Morgan fingerprint density at radius 2 is 1.48 bits per heavy atom. The average Bonchev–Trinajstić information content (AvgIpc) is 3.26. The zero-order valence-corrected chi connectivity index (χ0v) is 18.5. The fraction of sp³-hybridized carbons (Fsp3) is 0.0667. The summed E-state index contributed by atoms with van der Waals surface area (Å²) in [4.78, 5) is 9.61. The summed E-state index contributed by atoms with van der Waals surface area (Å²) in [6.45, 7) is 4.13. The fourth-order valence-electron chi connectivity index (χ4n) is 4.36. The van der Waals surface area contributed by atoms with Crippen LogP contribution in [-0.4, -0.2) is 11.2 Å². The highest BCUT2D eigenvalue weighted by Gasteiger charge is 2.11. The summed E-state index contributed by atoms with van der Waals surface area (Å²) in [6.07, 6.45) is 1.99. The van der Waals surface area contributed by atoms with Crippen LogP contribution in [0.4, 0.5) is 5.69 Å². The summed E-state index contributed by atoms with van der Waals surface area (Å²) in [5.41, 5.74) is 6.88. The summed E-state index contributed by atoms with van der Waals surface area (Å²) in [6, 6.07) is 31.4. The molecule has 1 heterocycles. The fourth-order valence-corrected chi connectivity index (χ4v) is 4.36. The van der Waals surface area contributed by atoms with E-state index < -0.39 is 0 Å². The first-order valence-corrected chi connectivity index (χ1v) is 11.1. The molecule has 0 saturated carbocycles. The van der Waals surface area contributed by atoms with Crippen molar-refractivity contribution in [3.05, 3.63) is 108 Å². The highest BCUT2D eigenvalue weighted by molar-refractivity contribution is 6.13. The maximum Gasteiger partial charge on any atom is 0.227 e. The SMILES string of the molecule is Cc1ccc2nc(-c3ccc(C)c(N=Cc4c5ccccc5cc5ccccc45)c3)oc2c1. The van der Waals surface area contributed by atoms with E-state index in [1.54, 1.807) is 0 Å². The van der Waals surface area contributed by atoms with Crippen LogP contribution in [0.15, 0.2) is 100 Å². The molecule has 0 aliphatic heterocycles. The van der Waals surface area contributed by atoms with E-state index in [-0.39, 0.29) is 0 Å². The Kier molecular flexibility index (Phi) is 4.55. The van der Waals surface area contributed by atoms with Crippen LogP contribution < -0.4 is 0 Å². The van der Waals surface area contributed by atoms with Gasteiger partial charge < -0.3 is 4.42 Å². The molecule has 0 spiro atoms. The lowest BCUT2D eigenvalue weighted by molar-refractivity contribution is 0.619. The van der Waals surface area contributed by atoms with Gasteiger partial charge in [0.2, 0.25) is 5.89 Å². The first-order chi connectivity index (χ1) is 16.2. The van der Waals surface area contributed by atoms with E-state index in [2.05, 4.69) is 85.6 Å². The molecule has 0 saturated heterocycles. The Labute approximate surface area is 192 Å². The van der Waals surface area contributed by atoms with Gasteiger partial charge in [-0.25, -0.2) is 4.98 Å². The van der Waals surface area contributed by atoms with Crippen LogP contribution in [0.25, 0.3) is 44.1 Å². The van der Waals surface area contributed by atoms with Crippen LogP contribution in [0.3, 0.4) is 0 Å². The van der Waals surface area contributed by atoms with Crippen molar-refractivity contribution in [2.75, 3.05) is 0 Å². The molecule has 0 N–H and O–H groups in total. The zero-order valence-electron chi connectivity index (χ0n) is 18.5. The van der Waals surface area contributed by atoms with Gasteiger partial charge >= 0.3 is 0 Å². The molecule has 0 atom stereocenters. The van der Waals surface area contributed by atoms with Gasteiger partial charge in [-0.2, -0.15) is 0 Å². The topological polar surface area (TPSA) is 38.4 Å². The second-order valence-corrected chi connectivity index (χ2v) is 8.48. The van der Waals surface area contributed by atoms with Crippen LogP contribution in [0, 0.1) is 13.8 Å². The van der Waals surface area contributed by atoms with Crippen molar-refractivity contribution in [3.63, 3.8) is 0 Å². The van der Waals surface area contributed by atoms with Gasteiger partial charge in [-0.3, -0.25) is 4.99 Å². The highest BCUT2D eigenvalue weighted by atomic mass is 16.3. The first kappa shape index (κ1) is 19.4. The Morgan fingerprint density at radius 3 is 2.24 bits per heavy atom. The third-order valence-corrected chi connectivity index (χ3v) is 6.15. The number of fused-ring (bicyclic) bond motifs is 3. The monoisotopic (exact) mass is 426 g/mol. The Hall–Kier alpha value is -4.24. The third-order valence-electron chi connectivity index (χ3n) is 6.15. The number of aliphatic imine (C=N–C) groups is 1. The lowest BCUT2D eigenvalue weighted by Gasteiger charge is -2.08. The van der Waals surface area contributed by atoms with Crippen LogP contribution in [0.1, 0.15) is 16.7 Å². The number of hydrogen-bond donors (Lipinski definition) is 0. The van der Waals surface area contributed by atoms with Crippen molar-refractivity contribution in [2.24, 2.45) is 4.99 Å². The normalized spacial score (nSPS) is 11.8. The molecule has 1 aromatic heterocycles. The van der Waals surface area contributed by atoms with Crippen LogP contribution >= 0.6 is 0 Å². The smallest absolute Gasteiger partial charge is 0.227 e. The second kappa shape index (κ2) is 7.72. The second-order valence-electron chi connectivity index (χ2n) is 8.48. The Balaban J connectivity index is 1.47. The molecule has 158 valence electrons. The van der Waals surface area contributed by atoms with E-state index in [1.165, 1.54) is 21.5 Å². The average molecular weight is 427 g/mol. The number of hydrogen-bond acceptors (Lipinski definition) is 3. The van der Waals surface area contributed by atoms with E-state index in [0.29, 0.717) is 5.89 Å². The van der Waals surface area contributed by atoms with E-state index in [1.807, 2.05) is 30.5 Å². The van der Waals surface area contributed by atoms with Gasteiger partial charge in [0.25, 0.3) is 0 Å². The molecule has 3 nitrogen and oxygen atoms in total. The molecule has 6 aromatic rings. The van der Waals surface area contributed by atoms with Crippen molar-refractivity contribution in [3.8, 4) is 11.5 Å². The van der Waals surface area contributed by atoms with E-state index in [4.69, 9.17) is 9.41 Å². The molecular formula is C30H22N2O. The van der Waals surface area contributed by atoms with Gasteiger partial charge in [-0.05, 0) is 76.9 Å². The summed E-state index contributed by atoms with van der Waals surface area (Å²) in [5, 5.41) is 4.82. The minimum absolute atomic E-state index is 0.614. The predicted molar refractivity (Wildman–Crippen MR) is 138 cm³/mol. The van der Waals surface area contributed by atoms with Crippen molar-refractivity contribution < 1.29 is 4.42 Å². The van der Waals surface area contributed by atoms with Crippen molar-refractivity contribution in [1.82, 2.24) is 4.98 Å². The maximum atomic E-state index is 6.04. The molecule has 0 unspecified atom stereocenters. The van der Waals surface area contributed by atoms with Gasteiger partial charge in [0, 0.05) is 17.3 Å². The van der Waals surface area contributed by atoms with Crippen molar-refractivity contribution in [1.29, 1.82) is 0 Å². The maximum absolute atomic E-state index is 6.04. The largest absolute Gasteiger partial charge is 0.436 e. The van der Waals surface area contributed by atoms with Crippen molar-refractivity contribution >= 4 is 44.5 Å². The van der Waals surface area contributed by atoms with Gasteiger partial charge in [-0.1, -0.05) is 60.7 Å². The molecule has 5 aromatic carbocycles. The van der Waals surface area contributed by atoms with Crippen molar-refractivity contribution in [2.45, 2.75) is 13.8 Å². The zero-order chi connectivity index (χ0) is 22.4. The Bertz CT molecular complexity index is 1640. The number of benzene rings is 5. The lowest BCUT2D eigenvalue weighted by Crippen LogP contribution is -1.89. The van der Waals surface area contributed by atoms with Crippen LogP contribution in [-0.2, 0) is 0 Å².